The molecule has 0 amide bonds. The lowest BCUT2D eigenvalue weighted by Gasteiger charge is -2.24. The summed E-state index contributed by atoms with van der Waals surface area (Å²) in [5.41, 5.74) is 3.18. The van der Waals surface area contributed by atoms with E-state index in [9.17, 15) is 0 Å². The van der Waals surface area contributed by atoms with Gasteiger partial charge in [-0.1, -0.05) is 49.7 Å². The molecular weight excluding hydrogens is 284 g/mol. The first-order valence-electron chi connectivity index (χ1n) is 6.99. The molecule has 3 rings (SSSR count). The number of hydrogen-bond donors (Lipinski definition) is 0. The highest BCUT2D eigenvalue weighted by molar-refractivity contribution is 8.09. The Hall–Kier alpha value is -1.26. The summed E-state index contributed by atoms with van der Waals surface area (Å²) in [6.45, 7) is 2.25. The van der Waals surface area contributed by atoms with Crippen LogP contribution in [0.3, 0.4) is 0 Å². The van der Waals surface area contributed by atoms with Crippen LogP contribution in [0.25, 0.3) is 4.91 Å². The van der Waals surface area contributed by atoms with Crippen molar-refractivity contribution < 1.29 is 0 Å². The van der Waals surface area contributed by atoms with Crippen molar-refractivity contribution in [3.05, 3.63) is 53.1 Å². The van der Waals surface area contributed by atoms with Gasteiger partial charge in [0.1, 0.15) is 0 Å². The highest BCUT2D eigenvalue weighted by Crippen LogP contribution is 2.44. The zero-order chi connectivity index (χ0) is 13.8. The van der Waals surface area contributed by atoms with Gasteiger partial charge in [-0.3, -0.25) is 4.98 Å². The number of thiazole rings is 1. The summed E-state index contributed by atoms with van der Waals surface area (Å²) < 4.78 is 0. The second-order valence-corrected chi connectivity index (χ2v) is 6.92. The van der Waals surface area contributed by atoms with Crippen molar-refractivity contribution in [3.8, 4) is 0 Å². The van der Waals surface area contributed by atoms with Gasteiger partial charge in [-0.25, -0.2) is 0 Å². The van der Waals surface area contributed by atoms with Gasteiger partial charge in [0, 0.05) is 23.0 Å². The highest BCUT2D eigenvalue weighted by atomic mass is 32.2. The molecule has 1 aromatic carbocycles. The molecule has 0 N–H and O–H groups in total. The topological polar surface area (TPSA) is 16.1 Å². The fraction of sp³-hybridized carbons (Fsp3) is 0.312. The summed E-state index contributed by atoms with van der Waals surface area (Å²) in [6, 6.07) is 10.7. The molecule has 0 bridgehead atoms. The van der Waals surface area contributed by atoms with E-state index in [0.29, 0.717) is 5.37 Å². The van der Waals surface area contributed by atoms with Crippen LogP contribution in [0.5, 0.6) is 0 Å². The van der Waals surface area contributed by atoms with E-state index in [2.05, 4.69) is 53.3 Å². The smallest absolute Gasteiger partial charge is 0.0841 e. The Labute approximate surface area is 128 Å². The minimum Gasteiger partial charge on any atom is -0.334 e. The summed E-state index contributed by atoms with van der Waals surface area (Å²) in [6.07, 6.45) is 7.98. The Kier molecular flexibility index (Phi) is 4.43. The number of anilines is 1. The maximum absolute atomic E-state index is 4.20. The highest BCUT2D eigenvalue weighted by Gasteiger charge is 2.27. The van der Waals surface area contributed by atoms with Crippen LogP contribution >= 0.6 is 23.1 Å². The molecule has 0 saturated heterocycles. The average Bonchev–Trinajstić information content (AvgIpc) is 3.15. The monoisotopic (exact) mass is 302 g/mol. The first kappa shape index (κ1) is 13.7. The van der Waals surface area contributed by atoms with Crippen LogP contribution in [-0.2, 0) is 0 Å². The van der Waals surface area contributed by atoms with E-state index in [1.807, 2.05) is 23.5 Å². The number of nitrogens with zero attached hydrogens (tertiary/aromatic N) is 2. The number of unbranched alkanes of at least 4 members (excludes halogenated alkanes) is 1. The summed E-state index contributed by atoms with van der Waals surface area (Å²) in [4.78, 5) is 9.23. The van der Waals surface area contributed by atoms with Crippen molar-refractivity contribution in [2.24, 2.45) is 0 Å². The van der Waals surface area contributed by atoms with Crippen LogP contribution in [0.1, 0.15) is 31.1 Å². The van der Waals surface area contributed by atoms with Crippen molar-refractivity contribution in [3.63, 3.8) is 0 Å². The quantitative estimate of drug-likeness (QED) is 0.754. The van der Waals surface area contributed by atoms with Gasteiger partial charge in [0.2, 0.25) is 0 Å². The van der Waals surface area contributed by atoms with Gasteiger partial charge in [0.05, 0.1) is 15.8 Å². The SMILES string of the molecule is CCCCC1SC(c2cncs2)=CN1c1ccccc1. The molecule has 1 aliphatic rings. The molecule has 0 saturated carbocycles. The fourth-order valence-corrected chi connectivity index (χ4v) is 4.35. The average molecular weight is 302 g/mol. The van der Waals surface area contributed by atoms with Gasteiger partial charge in [0.15, 0.2) is 0 Å². The summed E-state index contributed by atoms with van der Waals surface area (Å²) in [7, 11) is 0. The summed E-state index contributed by atoms with van der Waals surface area (Å²) >= 11 is 3.69. The van der Waals surface area contributed by atoms with Crippen LogP contribution in [0, 0.1) is 0 Å². The molecule has 1 aliphatic heterocycles. The van der Waals surface area contributed by atoms with Gasteiger partial charge in [0.25, 0.3) is 0 Å². The Bertz CT molecular complexity index is 563. The number of benzene rings is 1. The summed E-state index contributed by atoms with van der Waals surface area (Å²) in [5, 5.41) is 0.509. The maximum Gasteiger partial charge on any atom is 0.0841 e. The zero-order valence-corrected chi connectivity index (χ0v) is 13.2. The van der Waals surface area contributed by atoms with Crippen molar-refractivity contribution in [1.82, 2.24) is 4.98 Å². The summed E-state index contributed by atoms with van der Waals surface area (Å²) in [5.74, 6) is 0. The van der Waals surface area contributed by atoms with Crippen molar-refractivity contribution >= 4 is 33.7 Å². The molecule has 2 heterocycles. The fourth-order valence-electron chi connectivity index (χ4n) is 2.32. The van der Waals surface area contributed by atoms with E-state index in [1.165, 1.54) is 34.7 Å². The van der Waals surface area contributed by atoms with Crippen LogP contribution in [-0.4, -0.2) is 10.4 Å². The van der Waals surface area contributed by atoms with E-state index >= 15 is 0 Å². The van der Waals surface area contributed by atoms with E-state index < -0.39 is 0 Å². The van der Waals surface area contributed by atoms with Gasteiger partial charge >= 0.3 is 0 Å². The van der Waals surface area contributed by atoms with Gasteiger partial charge in [-0.05, 0) is 18.6 Å². The number of rotatable bonds is 5. The van der Waals surface area contributed by atoms with E-state index in [0.717, 1.165) is 0 Å². The normalized spacial score (nSPS) is 18.4. The molecule has 0 aliphatic carbocycles. The molecule has 104 valence electrons. The third-order valence-electron chi connectivity index (χ3n) is 3.36. The van der Waals surface area contributed by atoms with Crippen molar-refractivity contribution in [2.75, 3.05) is 4.90 Å². The number of thioether (sulfide) groups is 1. The molecule has 20 heavy (non-hydrogen) atoms. The van der Waals surface area contributed by atoms with E-state index in [4.69, 9.17) is 0 Å². The Morgan fingerprint density at radius 3 is 2.80 bits per heavy atom. The second kappa shape index (κ2) is 6.46. The predicted molar refractivity (Wildman–Crippen MR) is 89.9 cm³/mol. The minimum atomic E-state index is 0.509. The number of para-hydroxylation sites is 1. The third-order valence-corrected chi connectivity index (χ3v) is 5.61. The zero-order valence-electron chi connectivity index (χ0n) is 11.5. The standard InChI is InChI=1S/C16H18N2S2/c1-2-3-9-16-18(13-7-5-4-6-8-13)11-15(20-16)14-10-17-12-19-14/h4-8,10-12,16H,2-3,9H2,1H3. The van der Waals surface area contributed by atoms with Gasteiger partial charge in [-0.15, -0.1) is 11.3 Å². The molecule has 0 fully saturated rings. The Morgan fingerprint density at radius 1 is 1.25 bits per heavy atom. The van der Waals surface area contributed by atoms with Crippen molar-refractivity contribution in [1.29, 1.82) is 0 Å². The van der Waals surface area contributed by atoms with Crippen LogP contribution < -0.4 is 4.90 Å². The molecule has 1 unspecified atom stereocenters. The molecule has 4 heteroatoms. The molecule has 0 radical (unpaired) electrons. The van der Waals surface area contributed by atoms with Crippen molar-refractivity contribution in [2.45, 2.75) is 31.6 Å². The number of aromatic nitrogens is 1. The lowest BCUT2D eigenvalue weighted by molar-refractivity contribution is 0.689. The lowest BCUT2D eigenvalue weighted by Crippen LogP contribution is -2.23. The van der Waals surface area contributed by atoms with Crippen LogP contribution in [0.4, 0.5) is 5.69 Å². The molecule has 0 spiro atoms. The minimum absolute atomic E-state index is 0.509. The predicted octanol–water partition coefficient (Wildman–Crippen LogP) is 5.21. The van der Waals surface area contributed by atoms with Gasteiger partial charge in [-0.2, -0.15) is 0 Å². The molecule has 2 aromatic rings. The Balaban J connectivity index is 1.86. The Morgan fingerprint density at radius 2 is 2.10 bits per heavy atom. The molecule has 1 atom stereocenters. The largest absolute Gasteiger partial charge is 0.334 e. The molecule has 2 nitrogen and oxygen atoms in total. The number of hydrogen-bond acceptors (Lipinski definition) is 4. The van der Waals surface area contributed by atoms with Gasteiger partial charge < -0.3 is 4.90 Å². The van der Waals surface area contributed by atoms with Crippen LogP contribution in [0.15, 0.2) is 48.2 Å². The maximum atomic E-state index is 4.20. The second-order valence-electron chi connectivity index (χ2n) is 4.82. The molecular formula is C16H18N2S2. The van der Waals surface area contributed by atoms with E-state index in [-0.39, 0.29) is 0 Å². The third kappa shape index (κ3) is 2.91. The molecule has 1 aromatic heterocycles. The first-order chi connectivity index (χ1) is 9.88. The first-order valence-corrected chi connectivity index (χ1v) is 8.75. The van der Waals surface area contributed by atoms with E-state index in [1.54, 1.807) is 11.3 Å². The lowest BCUT2D eigenvalue weighted by atomic mass is 10.2. The van der Waals surface area contributed by atoms with Crippen LogP contribution in [0.2, 0.25) is 0 Å².